The summed E-state index contributed by atoms with van der Waals surface area (Å²) in [6.07, 6.45) is -8.59. The van der Waals surface area contributed by atoms with E-state index in [9.17, 15) is 43.9 Å². The van der Waals surface area contributed by atoms with Crippen LogP contribution in [-0.2, 0) is 18.7 Å². The summed E-state index contributed by atoms with van der Waals surface area (Å²) in [4.78, 5) is 0. The molecule has 0 saturated carbocycles. The first-order valence-corrected chi connectivity index (χ1v) is 11.7. The Labute approximate surface area is 221 Å². The zero-order valence-corrected chi connectivity index (χ0v) is 20.5. The molecule has 0 aliphatic carbocycles. The van der Waals surface area contributed by atoms with E-state index in [1.165, 1.54) is 12.1 Å². The second-order valence-corrected chi connectivity index (χ2v) is 8.83. The lowest BCUT2D eigenvalue weighted by atomic mass is 9.97. The summed E-state index contributed by atoms with van der Waals surface area (Å²) in [5, 5.41) is 0. The molecular weight excluding hydrogens is 554 g/mol. The van der Waals surface area contributed by atoms with Gasteiger partial charge < -0.3 is 4.74 Å². The van der Waals surface area contributed by atoms with Crippen molar-refractivity contribution < 1.29 is 48.6 Å². The molecule has 4 rings (SSSR count). The number of ether oxygens (including phenoxy) is 1. The normalized spacial score (nSPS) is 12.1. The van der Waals surface area contributed by atoms with Crippen LogP contribution in [0.15, 0.2) is 66.7 Å². The second-order valence-electron chi connectivity index (χ2n) is 8.83. The van der Waals surface area contributed by atoms with E-state index < -0.39 is 63.8 Å². The highest BCUT2D eigenvalue weighted by Crippen LogP contribution is 2.40. The fourth-order valence-corrected chi connectivity index (χ4v) is 4.17. The Morgan fingerprint density at radius 2 is 1.07 bits per heavy atom. The molecule has 210 valence electrons. The Kier molecular flexibility index (Phi) is 7.87. The molecule has 0 amide bonds. The number of benzene rings is 4. The van der Waals surface area contributed by atoms with Crippen LogP contribution in [0, 0.1) is 29.1 Å². The second kappa shape index (κ2) is 10.9. The van der Waals surface area contributed by atoms with Gasteiger partial charge in [-0.2, -0.15) is 22.0 Å². The predicted octanol–water partition coefficient (Wildman–Crippen LogP) is 9.82. The van der Waals surface area contributed by atoms with Crippen LogP contribution in [0.25, 0.3) is 22.3 Å². The Morgan fingerprint density at radius 1 is 0.575 bits per heavy atom. The van der Waals surface area contributed by atoms with E-state index in [1.807, 2.05) is 19.1 Å². The van der Waals surface area contributed by atoms with E-state index in [4.69, 9.17) is 0 Å². The standard InChI is InChI=1S/C29H18F10O/c1-2-3-15-4-6-16(7-5-15)17-8-9-20(21(30)10-17)18-11-22(31)27(23(32)12-18)29(38,39)40-19-13-24(33)26(25(34)14-19)28(35,36)37/h4-14H,2-3H2,1H3. The summed E-state index contributed by atoms with van der Waals surface area (Å²) in [5.74, 6) is -10.7. The van der Waals surface area contributed by atoms with Crippen molar-refractivity contribution >= 4 is 0 Å². The van der Waals surface area contributed by atoms with Gasteiger partial charge >= 0.3 is 12.3 Å². The third kappa shape index (κ3) is 5.93. The van der Waals surface area contributed by atoms with Gasteiger partial charge in [0.2, 0.25) is 0 Å². The average molecular weight is 572 g/mol. The van der Waals surface area contributed by atoms with Gasteiger partial charge in [0, 0.05) is 17.7 Å². The predicted molar refractivity (Wildman–Crippen MR) is 127 cm³/mol. The summed E-state index contributed by atoms with van der Waals surface area (Å²) in [7, 11) is 0. The minimum atomic E-state index is -5.48. The van der Waals surface area contributed by atoms with Crippen molar-refractivity contribution in [2.24, 2.45) is 0 Å². The van der Waals surface area contributed by atoms with Gasteiger partial charge in [0.1, 0.15) is 46.0 Å². The average Bonchev–Trinajstić information content (AvgIpc) is 2.82. The fraction of sp³-hybridized carbons (Fsp3) is 0.172. The van der Waals surface area contributed by atoms with Crippen LogP contribution in [0.1, 0.15) is 30.0 Å². The number of rotatable bonds is 7. The minimum Gasteiger partial charge on any atom is -0.429 e. The van der Waals surface area contributed by atoms with E-state index in [0.717, 1.165) is 24.5 Å². The molecule has 0 spiro atoms. The highest BCUT2D eigenvalue weighted by atomic mass is 19.4. The molecule has 40 heavy (non-hydrogen) atoms. The quantitative estimate of drug-likeness (QED) is 0.200. The third-order valence-corrected chi connectivity index (χ3v) is 5.98. The number of halogens is 10. The Balaban J connectivity index is 1.63. The van der Waals surface area contributed by atoms with Gasteiger partial charge in [-0.3, -0.25) is 0 Å². The molecule has 0 saturated heterocycles. The van der Waals surface area contributed by atoms with Crippen LogP contribution in [0.4, 0.5) is 43.9 Å². The van der Waals surface area contributed by atoms with Gasteiger partial charge in [-0.15, -0.1) is 0 Å². The lowest BCUT2D eigenvalue weighted by Crippen LogP contribution is -2.25. The van der Waals surface area contributed by atoms with E-state index >= 15 is 0 Å². The van der Waals surface area contributed by atoms with Gasteiger partial charge in [-0.25, -0.2) is 22.0 Å². The summed E-state index contributed by atoms with van der Waals surface area (Å²) >= 11 is 0. The van der Waals surface area contributed by atoms with Crippen LogP contribution in [0.5, 0.6) is 5.75 Å². The molecule has 0 aliphatic heterocycles. The topological polar surface area (TPSA) is 9.23 Å². The summed E-state index contributed by atoms with van der Waals surface area (Å²) in [6.45, 7) is 2.02. The number of hydrogen-bond donors (Lipinski definition) is 0. The van der Waals surface area contributed by atoms with Crippen LogP contribution in [-0.4, -0.2) is 0 Å². The molecule has 0 bridgehead atoms. The van der Waals surface area contributed by atoms with E-state index in [2.05, 4.69) is 4.74 Å². The zero-order chi connectivity index (χ0) is 29.4. The first-order chi connectivity index (χ1) is 18.7. The van der Waals surface area contributed by atoms with Crippen LogP contribution in [0.3, 0.4) is 0 Å². The van der Waals surface area contributed by atoms with Crippen LogP contribution >= 0.6 is 0 Å². The highest BCUT2D eigenvalue weighted by molar-refractivity contribution is 5.71. The summed E-state index contributed by atoms with van der Waals surface area (Å²) < 4.78 is 143. The van der Waals surface area contributed by atoms with Gasteiger partial charge in [0.05, 0.1) is 0 Å². The number of alkyl halides is 5. The van der Waals surface area contributed by atoms with Gasteiger partial charge in [-0.05, 0) is 46.9 Å². The molecule has 0 fully saturated rings. The maximum atomic E-state index is 14.9. The largest absolute Gasteiger partial charge is 0.432 e. The van der Waals surface area contributed by atoms with Crippen molar-refractivity contribution in [1.29, 1.82) is 0 Å². The fourth-order valence-electron chi connectivity index (χ4n) is 4.17. The Morgan fingerprint density at radius 3 is 1.57 bits per heavy atom. The lowest BCUT2D eigenvalue weighted by molar-refractivity contribution is -0.189. The molecule has 4 aromatic rings. The molecule has 11 heteroatoms. The highest BCUT2D eigenvalue weighted by Gasteiger charge is 2.43. The third-order valence-electron chi connectivity index (χ3n) is 5.98. The van der Waals surface area contributed by atoms with Crippen LogP contribution in [0.2, 0.25) is 0 Å². The Hall–Kier alpha value is -4.02. The summed E-state index contributed by atoms with van der Waals surface area (Å²) in [5.41, 5.74) is -2.89. The lowest BCUT2D eigenvalue weighted by Gasteiger charge is -2.21. The summed E-state index contributed by atoms with van der Waals surface area (Å²) in [6, 6.07) is 11.5. The molecule has 0 aromatic heterocycles. The van der Waals surface area contributed by atoms with E-state index in [1.54, 1.807) is 12.1 Å². The van der Waals surface area contributed by atoms with Crippen LogP contribution < -0.4 is 4.74 Å². The molecule has 0 atom stereocenters. The molecule has 0 N–H and O–H groups in total. The zero-order valence-electron chi connectivity index (χ0n) is 20.5. The van der Waals surface area contributed by atoms with Gasteiger partial charge in [-0.1, -0.05) is 49.7 Å². The smallest absolute Gasteiger partial charge is 0.429 e. The van der Waals surface area contributed by atoms with Crippen molar-refractivity contribution in [2.75, 3.05) is 0 Å². The van der Waals surface area contributed by atoms with E-state index in [-0.39, 0.29) is 17.7 Å². The molecular formula is C29H18F10O. The van der Waals surface area contributed by atoms with Crippen molar-refractivity contribution in [2.45, 2.75) is 32.1 Å². The number of aryl methyl sites for hydroxylation is 1. The van der Waals surface area contributed by atoms with Crippen molar-refractivity contribution in [3.63, 3.8) is 0 Å². The SMILES string of the molecule is CCCc1ccc(-c2ccc(-c3cc(F)c(C(F)(F)Oc4cc(F)c(C(F)(F)F)c(F)c4)c(F)c3)c(F)c2)cc1. The Bertz CT molecular complexity index is 1500. The molecule has 0 heterocycles. The monoisotopic (exact) mass is 572 g/mol. The van der Waals surface area contributed by atoms with Gasteiger partial charge in [0.15, 0.2) is 0 Å². The maximum Gasteiger partial charge on any atom is 0.432 e. The molecule has 0 aliphatic rings. The first kappa shape index (κ1) is 29.0. The van der Waals surface area contributed by atoms with Gasteiger partial charge in [0.25, 0.3) is 0 Å². The van der Waals surface area contributed by atoms with Crippen molar-refractivity contribution in [3.8, 4) is 28.0 Å². The first-order valence-electron chi connectivity index (χ1n) is 11.7. The van der Waals surface area contributed by atoms with Crippen molar-refractivity contribution in [1.82, 2.24) is 0 Å². The number of hydrogen-bond acceptors (Lipinski definition) is 1. The molecule has 0 unspecified atom stereocenters. The maximum absolute atomic E-state index is 14.9. The minimum absolute atomic E-state index is 0.196. The van der Waals surface area contributed by atoms with E-state index in [0.29, 0.717) is 23.3 Å². The molecule has 0 radical (unpaired) electrons. The van der Waals surface area contributed by atoms with Crippen molar-refractivity contribution in [3.05, 3.63) is 113 Å². The molecule has 4 aromatic carbocycles. The molecule has 1 nitrogen and oxygen atoms in total.